The van der Waals surface area contributed by atoms with Crippen LogP contribution < -0.4 is 5.32 Å². The van der Waals surface area contributed by atoms with Gasteiger partial charge in [-0.3, -0.25) is 4.90 Å². The molecule has 0 radical (unpaired) electrons. The van der Waals surface area contributed by atoms with Gasteiger partial charge in [-0.1, -0.05) is 29.3 Å². The van der Waals surface area contributed by atoms with Crippen molar-refractivity contribution in [1.29, 1.82) is 0 Å². The number of hydrogen-bond donors (Lipinski definition) is 1. The van der Waals surface area contributed by atoms with Gasteiger partial charge in [0.05, 0.1) is 5.54 Å². The Morgan fingerprint density at radius 3 is 2.50 bits per heavy atom. The van der Waals surface area contributed by atoms with Crippen LogP contribution in [-0.2, 0) is 11.3 Å². The highest BCUT2D eigenvalue weighted by Gasteiger charge is 2.57. The first-order chi connectivity index (χ1) is 12.1. The minimum absolute atomic E-state index is 0.169. The number of nitrogens with one attached hydrogen (secondary N) is 1. The Morgan fingerprint density at radius 2 is 1.96 bits per heavy atom. The van der Waals surface area contributed by atoms with Gasteiger partial charge in [-0.15, -0.1) is 0 Å². The quantitative estimate of drug-likeness (QED) is 0.819. The summed E-state index contributed by atoms with van der Waals surface area (Å²) in [5.74, 6) is 0. The number of rotatable bonds is 2. The van der Waals surface area contributed by atoms with E-state index in [1.165, 1.54) is 0 Å². The summed E-state index contributed by atoms with van der Waals surface area (Å²) < 4.78 is 5.44. The minimum atomic E-state index is -0.521. The molecular formula is C18H23Cl2N3O3. The third kappa shape index (κ3) is 3.86. The van der Waals surface area contributed by atoms with Crippen LogP contribution in [0.1, 0.15) is 32.8 Å². The van der Waals surface area contributed by atoms with Gasteiger partial charge in [-0.25, -0.2) is 9.59 Å². The molecule has 2 aliphatic rings. The Hall–Kier alpha value is -1.66. The van der Waals surface area contributed by atoms with Crippen LogP contribution in [0, 0.1) is 0 Å². The number of benzene rings is 1. The van der Waals surface area contributed by atoms with E-state index in [1.54, 1.807) is 28.0 Å². The molecule has 1 aromatic carbocycles. The summed E-state index contributed by atoms with van der Waals surface area (Å²) in [4.78, 5) is 28.0. The smallest absolute Gasteiger partial charge is 0.410 e. The Balaban J connectivity index is 1.50. The molecule has 3 amide bonds. The van der Waals surface area contributed by atoms with Gasteiger partial charge in [0.25, 0.3) is 0 Å². The number of carbonyl (C=O) groups is 2. The Morgan fingerprint density at radius 1 is 1.27 bits per heavy atom. The molecule has 2 fully saturated rings. The number of likely N-dealkylation sites (tertiary alicyclic amines) is 2. The summed E-state index contributed by atoms with van der Waals surface area (Å²) in [6.07, 6.45) is 0.579. The van der Waals surface area contributed by atoms with Crippen molar-refractivity contribution in [1.82, 2.24) is 15.1 Å². The van der Waals surface area contributed by atoms with E-state index >= 15 is 0 Å². The van der Waals surface area contributed by atoms with E-state index in [0.717, 1.165) is 12.0 Å². The summed E-state index contributed by atoms with van der Waals surface area (Å²) >= 11 is 12.0. The van der Waals surface area contributed by atoms with Gasteiger partial charge >= 0.3 is 12.1 Å². The maximum absolute atomic E-state index is 12.3. The van der Waals surface area contributed by atoms with Gasteiger partial charge in [0.1, 0.15) is 5.60 Å². The standard InChI is InChI=1S/C18H23Cl2N3O3/c1-17(2,3)26-16(25)23-7-6-18(23)10-22(11-18)15(24)21-9-12-4-5-13(19)8-14(12)20/h4-5,8H,6-7,9-11H2,1-3H3,(H,21,24). The fourth-order valence-electron chi connectivity index (χ4n) is 3.23. The van der Waals surface area contributed by atoms with Crippen molar-refractivity contribution in [2.24, 2.45) is 0 Å². The minimum Gasteiger partial charge on any atom is -0.444 e. The summed E-state index contributed by atoms with van der Waals surface area (Å²) in [5, 5.41) is 3.93. The average Bonchev–Trinajstić information content (AvgIpc) is 2.41. The average molecular weight is 400 g/mol. The second kappa shape index (κ2) is 6.82. The SMILES string of the molecule is CC(C)(C)OC(=O)N1CCC12CN(C(=O)NCc1ccc(Cl)cc1Cl)C2. The molecule has 0 aromatic heterocycles. The predicted octanol–water partition coefficient (Wildman–Crippen LogP) is 3.90. The van der Waals surface area contributed by atoms with Gasteiger partial charge in [-0.05, 0) is 44.9 Å². The summed E-state index contributed by atoms with van der Waals surface area (Å²) in [5.41, 5.74) is 0.0167. The van der Waals surface area contributed by atoms with Crippen molar-refractivity contribution in [3.05, 3.63) is 33.8 Å². The van der Waals surface area contributed by atoms with Gasteiger partial charge < -0.3 is 15.0 Å². The van der Waals surface area contributed by atoms with Crippen molar-refractivity contribution in [2.45, 2.75) is 44.9 Å². The number of urea groups is 1. The molecule has 1 spiro atoms. The van der Waals surface area contributed by atoms with E-state index < -0.39 is 5.60 Å². The van der Waals surface area contributed by atoms with Crippen molar-refractivity contribution in [2.75, 3.05) is 19.6 Å². The molecule has 6 nitrogen and oxygen atoms in total. The van der Waals surface area contributed by atoms with Crippen LogP contribution in [-0.4, -0.2) is 52.7 Å². The van der Waals surface area contributed by atoms with Crippen LogP contribution >= 0.6 is 23.2 Å². The van der Waals surface area contributed by atoms with Crippen LogP contribution in [0.15, 0.2) is 18.2 Å². The fraction of sp³-hybridized carbons (Fsp3) is 0.556. The molecule has 8 heteroatoms. The second-order valence-electron chi connectivity index (χ2n) is 7.86. The largest absolute Gasteiger partial charge is 0.444 e. The molecule has 0 aliphatic carbocycles. The van der Waals surface area contributed by atoms with Crippen LogP contribution in [0.4, 0.5) is 9.59 Å². The molecule has 142 valence electrons. The molecule has 2 aliphatic heterocycles. The first-order valence-electron chi connectivity index (χ1n) is 8.57. The topological polar surface area (TPSA) is 61.9 Å². The first kappa shape index (κ1) is 19.1. The Labute approximate surface area is 163 Å². The van der Waals surface area contributed by atoms with Crippen molar-refractivity contribution < 1.29 is 14.3 Å². The van der Waals surface area contributed by atoms with Crippen LogP contribution in [0.25, 0.3) is 0 Å². The zero-order chi connectivity index (χ0) is 19.1. The number of nitrogens with zero attached hydrogens (tertiary/aromatic N) is 2. The molecule has 1 aromatic rings. The lowest BCUT2D eigenvalue weighted by Gasteiger charge is -2.61. The number of hydrogen-bond acceptors (Lipinski definition) is 3. The lowest BCUT2D eigenvalue weighted by molar-refractivity contribution is -0.103. The van der Waals surface area contributed by atoms with E-state index in [2.05, 4.69) is 5.32 Å². The summed E-state index contributed by atoms with van der Waals surface area (Å²) in [6.45, 7) is 7.58. The number of halogens is 2. The van der Waals surface area contributed by atoms with Crippen molar-refractivity contribution >= 4 is 35.3 Å². The second-order valence-corrected chi connectivity index (χ2v) is 8.70. The van der Waals surface area contributed by atoms with Crippen molar-refractivity contribution in [3.63, 3.8) is 0 Å². The van der Waals surface area contributed by atoms with E-state index in [4.69, 9.17) is 27.9 Å². The molecule has 0 bridgehead atoms. The van der Waals surface area contributed by atoms with Crippen molar-refractivity contribution in [3.8, 4) is 0 Å². The Kier molecular flexibility index (Phi) is 5.01. The summed E-state index contributed by atoms with van der Waals surface area (Å²) in [6, 6.07) is 5.01. The van der Waals surface area contributed by atoms with Gasteiger partial charge in [0.2, 0.25) is 0 Å². The fourth-order valence-corrected chi connectivity index (χ4v) is 3.70. The first-order valence-corrected chi connectivity index (χ1v) is 9.33. The summed E-state index contributed by atoms with van der Waals surface area (Å²) in [7, 11) is 0. The Bertz CT molecular complexity index is 727. The van der Waals surface area contributed by atoms with Crippen LogP contribution in [0.5, 0.6) is 0 Å². The zero-order valence-electron chi connectivity index (χ0n) is 15.1. The van der Waals surface area contributed by atoms with E-state index in [0.29, 0.717) is 36.2 Å². The maximum Gasteiger partial charge on any atom is 0.410 e. The molecule has 1 N–H and O–H groups in total. The molecule has 0 saturated carbocycles. The van der Waals surface area contributed by atoms with E-state index in [9.17, 15) is 9.59 Å². The van der Waals surface area contributed by atoms with Crippen LogP contribution in [0.2, 0.25) is 10.0 Å². The number of carbonyl (C=O) groups excluding carboxylic acids is 2. The van der Waals surface area contributed by atoms with E-state index in [-0.39, 0.29) is 17.7 Å². The zero-order valence-corrected chi connectivity index (χ0v) is 16.7. The molecule has 3 rings (SSSR count). The van der Waals surface area contributed by atoms with E-state index in [1.807, 2.05) is 20.8 Å². The molecular weight excluding hydrogens is 377 g/mol. The van der Waals surface area contributed by atoms with Gasteiger partial charge in [-0.2, -0.15) is 0 Å². The third-order valence-corrected chi connectivity index (χ3v) is 5.28. The lowest BCUT2D eigenvalue weighted by Crippen LogP contribution is -2.79. The monoisotopic (exact) mass is 399 g/mol. The van der Waals surface area contributed by atoms with Gasteiger partial charge in [0.15, 0.2) is 0 Å². The normalized spacial score (nSPS) is 18.2. The maximum atomic E-state index is 12.3. The van der Waals surface area contributed by atoms with Crippen LogP contribution in [0.3, 0.4) is 0 Å². The van der Waals surface area contributed by atoms with Gasteiger partial charge in [0, 0.05) is 36.2 Å². The number of amides is 3. The molecule has 2 saturated heterocycles. The lowest BCUT2D eigenvalue weighted by atomic mass is 9.78. The molecule has 0 atom stereocenters. The molecule has 0 unspecified atom stereocenters. The third-order valence-electron chi connectivity index (χ3n) is 4.69. The molecule has 2 heterocycles. The number of ether oxygens (including phenoxy) is 1. The highest BCUT2D eigenvalue weighted by atomic mass is 35.5. The highest BCUT2D eigenvalue weighted by molar-refractivity contribution is 6.35. The predicted molar refractivity (Wildman–Crippen MR) is 101 cm³/mol. The highest BCUT2D eigenvalue weighted by Crippen LogP contribution is 2.40. The molecule has 26 heavy (non-hydrogen) atoms.